The summed E-state index contributed by atoms with van der Waals surface area (Å²) < 4.78 is 0. The van der Waals surface area contributed by atoms with Gasteiger partial charge in [-0.15, -0.1) is 0 Å². The average molecular weight is 277 g/mol. The SMILES string of the molecule is C=C1C(CC(CCC)CCC)CC2CC(C)C(C)CC12. The van der Waals surface area contributed by atoms with E-state index >= 15 is 0 Å². The molecule has 0 saturated heterocycles. The maximum atomic E-state index is 4.55. The van der Waals surface area contributed by atoms with Gasteiger partial charge < -0.3 is 0 Å². The van der Waals surface area contributed by atoms with Crippen LogP contribution in [0.5, 0.6) is 0 Å². The fourth-order valence-corrected chi connectivity index (χ4v) is 5.08. The standard InChI is InChI=1S/C20H36/c1-6-8-17(9-7-2)12-18-13-19-10-14(3)15(4)11-20(19)16(18)5/h14-15,17-20H,5-13H2,1-4H3. The Hall–Kier alpha value is -0.260. The lowest BCUT2D eigenvalue weighted by Gasteiger charge is -2.35. The molecule has 0 aromatic heterocycles. The number of hydrogen-bond donors (Lipinski definition) is 0. The molecular weight excluding hydrogens is 240 g/mol. The van der Waals surface area contributed by atoms with Crippen molar-refractivity contribution in [3.63, 3.8) is 0 Å². The van der Waals surface area contributed by atoms with Crippen molar-refractivity contribution < 1.29 is 0 Å². The van der Waals surface area contributed by atoms with Crippen LogP contribution in [0, 0.1) is 35.5 Å². The minimum Gasteiger partial charge on any atom is -0.0993 e. The molecule has 2 fully saturated rings. The maximum Gasteiger partial charge on any atom is -0.0172 e. The van der Waals surface area contributed by atoms with Gasteiger partial charge in [-0.1, -0.05) is 65.5 Å². The van der Waals surface area contributed by atoms with Crippen molar-refractivity contribution >= 4 is 0 Å². The van der Waals surface area contributed by atoms with Crippen molar-refractivity contribution in [1.29, 1.82) is 0 Å². The molecule has 0 aromatic rings. The zero-order chi connectivity index (χ0) is 14.7. The lowest BCUT2D eigenvalue weighted by atomic mass is 9.70. The van der Waals surface area contributed by atoms with Gasteiger partial charge in [-0.05, 0) is 61.2 Å². The second-order valence-corrected chi connectivity index (χ2v) is 7.98. The van der Waals surface area contributed by atoms with Gasteiger partial charge in [0.05, 0.1) is 0 Å². The summed E-state index contributed by atoms with van der Waals surface area (Å²) in [4.78, 5) is 0. The molecule has 0 radical (unpaired) electrons. The van der Waals surface area contributed by atoms with E-state index in [1.807, 2.05) is 0 Å². The Morgan fingerprint density at radius 2 is 1.60 bits per heavy atom. The predicted octanol–water partition coefficient (Wildman–Crippen LogP) is 6.47. The van der Waals surface area contributed by atoms with Crippen LogP contribution in [0.1, 0.15) is 79.1 Å². The van der Waals surface area contributed by atoms with Crippen LogP contribution in [-0.4, -0.2) is 0 Å². The predicted molar refractivity (Wildman–Crippen MR) is 89.7 cm³/mol. The van der Waals surface area contributed by atoms with Gasteiger partial charge in [0.15, 0.2) is 0 Å². The highest BCUT2D eigenvalue weighted by atomic mass is 14.5. The number of fused-ring (bicyclic) bond motifs is 1. The van der Waals surface area contributed by atoms with Crippen molar-refractivity contribution in [2.24, 2.45) is 35.5 Å². The maximum absolute atomic E-state index is 4.55. The van der Waals surface area contributed by atoms with Gasteiger partial charge in [0.25, 0.3) is 0 Å². The highest BCUT2D eigenvalue weighted by molar-refractivity contribution is 5.16. The molecule has 0 aliphatic heterocycles. The van der Waals surface area contributed by atoms with E-state index in [1.165, 1.54) is 51.4 Å². The molecule has 2 aliphatic rings. The van der Waals surface area contributed by atoms with E-state index in [9.17, 15) is 0 Å². The summed E-state index contributed by atoms with van der Waals surface area (Å²) in [5.74, 6) is 5.50. The van der Waals surface area contributed by atoms with Gasteiger partial charge in [0.2, 0.25) is 0 Å². The smallest absolute Gasteiger partial charge is 0.0172 e. The number of allylic oxidation sites excluding steroid dienone is 1. The molecule has 20 heavy (non-hydrogen) atoms. The van der Waals surface area contributed by atoms with E-state index in [1.54, 1.807) is 5.57 Å². The molecule has 5 unspecified atom stereocenters. The molecule has 5 atom stereocenters. The third-order valence-corrected chi connectivity index (χ3v) is 6.44. The summed E-state index contributed by atoms with van der Waals surface area (Å²) >= 11 is 0. The van der Waals surface area contributed by atoms with Crippen LogP contribution in [0.15, 0.2) is 12.2 Å². The first-order valence-corrected chi connectivity index (χ1v) is 9.25. The Morgan fingerprint density at radius 1 is 1.00 bits per heavy atom. The van der Waals surface area contributed by atoms with E-state index in [0.29, 0.717) is 0 Å². The molecule has 0 spiro atoms. The second-order valence-electron chi connectivity index (χ2n) is 7.98. The largest absolute Gasteiger partial charge is 0.0993 e. The minimum atomic E-state index is 0.852. The lowest BCUT2D eigenvalue weighted by Crippen LogP contribution is -2.26. The molecule has 116 valence electrons. The fraction of sp³-hybridized carbons (Fsp3) is 0.900. The van der Waals surface area contributed by atoms with E-state index in [-0.39, 0.29) is 0 Å². The first-order chi connectivity index (χ1) is 9.56. The van der Waals surface area contributed by atoms with Gasteiger partial charge >= 0.3 is 0 Å². The highest BCUT2D eigenvalue weighted by Gasteiger charge is 2.42. The molecule has 0 aromatic carbocycles. The summed E-state index contributed by atoms with van der Waals surface area (Å²) in [7, 11) is 0. The van der Waals surface area contributed by atoms with Crippen molar-refractivity contribution in [2.75, 3.05) is 0 Å². The summed E-state index contributed by atoms with van der Waals surface area (Å²) in [5, 5.41) is 0. The van der Waals surface area contributed by atoms with Gasteiger partial charge in [-0.25, -0.2) is 0 Å². The molecule has 2 saturated carbocycles. The average Bonchev–Trinajstić information content (AvgIpc) is 2.68. The fourth-order valence-electron chi connectivity index (χ4n) is 5.08. The first-order valence-electron chi connectivity index (χ1n) is 9.25. The van der Waals surface area contributed by atoms with Crippen LogP contribution >= 0.6 is 0 Å². The van der Waals surface area contributed by atoms with Gasteiger partial charge in [0.1, 0.15) is 0 Å². The minimum absolute atomic E-state index is 0.852. The molecular formula is C20H36. The first kappa shape index (κ1) is 16.1. The van der Waals surface area contributed by atoms with Crippen LogP contribution < -0.4 is 0 Å². The van der Waals surface area contributed by atoms with Crippen LogP contribution in [0.25, 0.3) is 0 Å². The Bertz CT molecular complexity index is 310. The van der Waals surface area contributed by atoms with Crippen LogP contribution in [0.2, 0.25) is 0 Å². The normalized spacial score (nSPS) is 37.5. The van der Waals surface area contributed by atoms with Crippen molar-refractivity contribution in [1.82, 2.24) is 0 Å². The summed E-state index contributed by atoms with van der Waals surface area (Å²) in [6.45, 7) is 14.2. The number of hydrogen-bond acceptors (Lipinski definition) is 0. The summed E-state index contributed by atoms with van der Waals surface area (Å²) in [6.07, 6.45) is 11.4. The molecule has 0 amide bonds. The third-order valence-electron chi connectivity index (χ3n) is 6.44. The molecule has 2 aliphatic carbocycles. The Balaban J connectivity index is 1.95. The van der Waals surface area contributed by atoms with Crippen molar-refractivity contribution in [3.05, 3.63) is 12.2 Å². The third kappa shape index (κ3) is 3.49. The zero-order valence-electron chi connectivity index (χ0n) is 14.3. The number of rotatable bonds is 6. The molecule has 0 heteroatoms. The molecule has 0 heterocycles. The van der Waals surface area contributed by atoms with E-state index in [0.717, 1.165) is 35.5 Å². The Morgan fingerprint density at radius 3 is 2.20 bits per heavy atom. The van der Waals surface area contributed by atoms with Crippen LogP contribution in [0.3, 0.4) is 0 Å². The Kier molecular flexibility index (Phi) is 5.75. The zero-order valence-corrected chi connectivity index (χ0v) is 14.3. The van der Waals surface area contributed by atoms with Gasteiger partial charge in [-0.3, -0.25) is 0 Å². The van der Waals surface area contributed by atoms with Crippen molar-refractivity contribution in [3.8, 4) is 0 Å². The van der Waals surface area contributed by atoms with Gasteiger partial charge in [0, 0.05) is 0 Å². The molecule has 0 N–H and O–H groups in total. The van der Waals surface area contributed by atoms with E-state index < -0.39 is 0 Å². The van der Waals surface area contributed by atoms with Crippen molar-refractivity contribution in [2.45, 2.75) is 79.1 Å². The monoisotopic (exact) mass is 276 g/mol. The van der Waals surface area contributed by atoms with Crippen LogP contribution in [0.4, 0.5) is 0 Å². The van der Waals surface area contributed by atoms with Gasteiger partial charge in [-0.2, -0.15) is 0 Å². The highest BCUT2D eigenvalue weighted by Crippen LogP contribution is 2.52. The van der Waals surface area contributed by atoms with Crippen LogP contribution in [-0.2, 0) is 0 Å². The molecule has 2 rings (SSSR count). The topological polar surface area (TPSA) is 0 Å². The lowest BCUT2D eigenvalue weighted by molar-refractivity contribution is 0.170. The van der Waals surface area contributed by atoms with E-state index in [2.05, 4.69) is 34.3 Å². The quantitative estimate of drug-likeness (QED) is 0.488. The summed E-state index contributed by atoms with van der Waals surface area (Å²) in [5.41, 5.74) is 1.64. The van der Waals surface area contributed by atoms with E-state index in [4.69, 9.17) is 0 Å². The molecule has 0 bridgehead atoms. The molecule has 0 nitrogen and oxygen atoms in total. The second kappa shape index (κ2) is 7.14. The summed E-state index contributed by atoms with van der Waals surface area (Å²) in [6, 6.07) is 0. The Labute approximate surface area is 127 Å².